The van der Waals surface area contributed by atoms with Gasteiger partial charge in [-0.25, -0.2) is 0 Å². The number of benzene rings is 2. The molecule has 0 aromatic heterocycles. The minimum atomic E-state index is -0.565. The van der Waals surface area contributed by atoms with Gasteiger partial charge in [0.15, 0.2) is 0 Å². The predicted octanol–water partition coefficient (Wildman–Crippen LogP) is 3.79. The van der Waals surface area contributed by atoms with Gasteiger partial charge in [0.2, 0.25) is 5.91 Å². The smallest absolute Gasteiger partial charge is 0.234 e. The van der Waals surface area contributed by atoms with Crippen molar-refractivity contribution in [2.24, 2.45) is 0 Å². The second kappa shape index (κ2) is 5.27. The molecule has 0 unspecified atom stereocenters. The van der Waals surface area contributed by atoms with Crippen molar-refractivity contribution in [1.29, 1.82) is 0 Å². The first-order valence-electron chi connectivity index (χ1n) is 6.29. The quantitative estimate of drug-likeness (QED) is 0.884. The van der Waals surface area contributed by atoms with Gasteiger partial charge < -0.3 is 5.32 Å². The van der Waals surface area contributed by atoms with Crippen molar-refractivity contribution in [3.05, 3.63) is 72.6 Å². The first-order valence-corrected chi connectivity index (χ1v) is 6.29. The molecule has 19 heavy (non-hydrogen) atoms. The zero-order valence-electron chi connectivity index (χ0n) is 11.3. The zero-order valence-corrected chi connectivity index (χ0v) is 11.3. The van der Waals surface area contributed by atoms with Gasteiger partial charge in [-0.2, -0.15) is 0 Å². The SMILES string of the molecule is [CH2]c1ccc(NC(=O)C(C)(C)c2ccccc2)cc1. The fraction of sp³-hybridized carbons (Fsp3) is 0.176. The molecule has 97 valence electrons. The predicted molar refractivity (Wildman–Crippen MR) is 79.0 cm³/mol. The summed E-state index contributed by atoms with van der Waals surface area (Å²) >= 11 is 0. The van der Waals surface area contributed by atoms with E-state index in [4.69, 9.17) is 0 Å². The summed E-state index contributed by atoms with van der Waals surface area (Å²) in [6.45, 7) is 7.67. The zero-order chi connectivity index (χ0) is 13.9. The third-order valence-corrected chi connectivity index (χ3v) is 3.27. The van der Waals surface area contributed by atoms with Crippen LogP contribution in [0.3, 0.4) is 0 Å². The van der Waals surface area contributed by atoms with E-state index < -0.39 is 5.41 Å². The Balaban J connectivity index is 2.17. The van der Waals surface area contributed by atoms with E-state index in [0.29, 0.717) is 0 Å². The molecule has 1 radical (unpaired) electrons. The highest BCUT2D eigenvalue weighted by atomic mass is 16.2. The maximum absolute atomic E-state index is 12.4. The number of carbonyl (C=O) groups is 1. The monoisotopic (exact) mass is 252 g/mol. The molecule has 2 heteroatoms. The molecule has 0 bridgehead atoms. The Hall–Kier alpha value is -2.09. The van der Waals surface area contributed by atoms with Crippen molar-refractivity contribution in [3.63, 3.8) is 0 Å². The molecule has 0 atom stereocenters. The van der Waals surface area contributed by atoms with Crippen LogP contribution >= 0.6 is 0 Å². The highest BCUT2D eigenvalue weighted by molar-refractivity contribution is 5.98. The van der Waals surface area contributed by atoms with Gasteiger partial charge in [0.05, 0.1) is 5.41 Å². The molecule has 0 saturated heterocycles. The molecular weight excluding hydrogens is 234 g/mol. The molecule has 2 aromatic rings. The van der Waals surface area contributed by atoms with Crippen LogP contribution in [0.1, 0.15) is 25.0 Å². The number of anilines is 1. The lowest BCUT2D eigenvalue weighted by Crippen LogP contribution is -2.34. The molecule has 0 aliphatic carbocycles. The average Bonchev–Trinajstić information content (AvgIpc) is 2.42. The van der Waals surface area contributed by atoms with E-state index in [1.165, 1.54) is 0 Å². The maximum atomic E-state index is 12.4. The Kier molecular flexibility index (Phi) is 3.70. The van der Waals surface area contributed by atoms with E-state index in [9.17, 15) is 4.79 Å². The van der Waals surface area contributed by atoms with Crippen LogP contribution in [0.5, 0.6) is 0 Å². The van der Waals surface area contributed by atoms with E-state index in [1.807, 2.05) is 68.4 Å². The topological polar surface area (TPSA) is 29.1 Å². The van der Waals surface area contributed by atoms with Gasteiger partial charge in [-0.15, -0.1) is 0 Å². The number of rotatable bonds is 3. The summed E-state index contributed by atoms with van der Waals surface area (Å²) in [5.74, 6) is -0.0180. The summed E-state index contributed by atoms with van der Waals surface area (Å²) in [5.41, 5.74) is 2.16. The highest BCUT2D eigenvalue weighted by Crippen LogP contribution is 2.24. The maximum Gasteiger partial charge on any atom is 0.234 e. The lowest BCUT2D eigenvalue weighted by Gasteiger charge is -2.24. The third-order valence-electron chi connectivity index (χ3n) is 3.27. The number of hydrogen-bond donors (Lipinski definition) is 1. The number of hydrogen-bond acceptors (Lipinski definition) is 1. The van der Waals surface area contributed by atoms with Crippen LogP contribution in [0.15, 0.2) is 54.6 Å². The molecule has 0 fully saturated rings. The number of nitrogens with one attached hydrogen (secondary N) is 1. The standard InChI is InChI=1S/C17H18NO/c1-13-9-11-15(12-10-13)18-16(19)17(2,3)14-7-5-4-6-8-14/h4-12H,1H2,2-3H3,(H,18,19). The minimum absolute atomic E-state index is 0.0180. The van der Waals surface area contributed by atoms with Gasteiger partial charge in [0, 0.05) is 5.69 Å². The molecule has 2 nitrogen and oxygen atoms in total. The number of amides is 1. The van der Waals surface area contributed by atoms with Gasteiger partial charge >= 0.3 is 0 Å². The Labute approximate surface area is 114 Å². The largest absolute Gasteiger partial charge is 0.325 e. The van der Waals surface area contributed by atoms with Crippen LogP contribution in [0.2, 0.25) is 0 Å². The van der Waals surface area contributed by atoms with Gasteiger partial charge in [0.25, 0.3) is 0 Å². The van der Waals surface area contributed by atoms with Crippen molar-refractivity contribution in [3.8, 4) is 0 Å². The molecular formula is C17H18NO. The summed E-state index contributed by atoms with van der Waals surface area (Å²) in [4.78, 5) is 12.4. The van der Waals surface area contributed by atoms with E-state index in [1.54, 1.807) is 0 Å². The lowest BCUT2D eigenvalue weighted by atomic mass is 9.83. The molecule has 1 N–H and O–H groups in total. The van der Waals surface area contributed by atoms with Crippen molar-refractivity contribution in [1.82, 2.24) is 0 Å². The van der Waals surface area contributed by atoms with Crippen molar-refractivity contribution in [2.75, 3.05) is 5.32 Å². The molecule has 2 rings (SSSR count). The van der Waals surface area contributed by atoms with Crippen LogP contribution < -0.4 is 5.32 Å². The van der Waals surface area contributed by atoms with Gasteiger partial charge in [-0.3, -0.25) is 4.79 Å². The van der Waals surface area contributed by atoms with E-state index in [0.717, 1.165) is 16.8 Å². The van der Waals surface area contributed by atoms with Crippen molar-refractivity contribution >= 4 is 11.6 Å². The van der Waals surface area contributed by atoms with Gasteiger partial charge in [0.1, 0.15) is 0 Å². The Bertz CT molecular complexity index is 556. The van der Waals surface area contributed by atoms with Crippen molar-refractivity contribution in [2.45, 2.75) is 19.3 Å². The molecule has 0 spiro atoms. The summed E-state index contributed by atoms with van der Waals surface area (Å²) < 4.78 is 0. The van der Waals surface area contributed by atoms with Gasteiger partial charge in [-0.05, 0) is 44.0 Å². The van der Waals surface area contributed by atoms with Crippen LogP contribution in [-0.4, -0.2) is 5.91 Å². The van der Waals surface area contributed by atoms with E-state index in [2.05, 4.69) is 12.2 Å². The van der Waals surface area contributed by atoms with Crippen LogP contribution in [0.25, 0.3) is 0 Å². The Morgan fingerprint density at radius 3 is 2.16 bits per heavy atom. The van der Waals surface area contributed by atoms with Gasteiger partial charge in [-0.1, -0.05) is 42.5 Å². The first-order chi connectivity index (χ1) is 9.00. The van der Waals surface area contributed by atoms with E-state index >= 15 is 0 Å². The second-order valence-corrected chi connectivity index (χ2v) is 5.14. The molecule has 1 amide bonds. The normalized spacial score (nSPS) is 11.1. The average molecular weight is 252 g/mol. The minimum Gasteiger partial charge on any atom is -0.325 e. The Morgan fingerprint density at radius 2 is 1.58 bits per heavy atom. The van der Waals surface area contributed by atoms with Crippen LogP contribution in [-0.2, 0) is 10.2 Å². The van der Waals surface area contributed by atoms with E-state index in [-0.39, 0.29) is 5.91 Å². The molecule has 0 heterocycles. The molecule has 2 aromatic carbocycles. The molecule has 0 aliphatic rings. The van der Waals surface area contributed by atoms with Crippen LogP contribution in [0, 0.1) is 6.92 Å². The first kappa shape index (κ1) is 13.3. The van der Waals surface area contributed by atoms with Crippen molar-refractivity contribution < 1.29 is 4.79 Å². The van der Waals surface area contributed by atoms with Crippen LogP contribution in [0.4, 0.5) is 5.69 Å². The summed E-state index contributed by atoms with van der Waals surface area (Å²) in [7, 11) is 0. The molecule has 0 aliphatic heterocycles. The Morgan fingerprint density at radius 1 is 1.00 bits per heavy atom. The summed E-state index contributed by atoms with van der Waals surface area (Å²) in [5, 5.41) is 2.94. The molecule has 0 saturated carbocycles. The summed E-state index contributed by atoms with van der Waals surface area (Å²) in [6.07, 6.45) is 0. The lowest BCUT2D eigenvalue weighted by molar-refractivity contribution is -0.120. The number of carbonyl (C=O) groups excluding carboxylic acids is 1. The summed E-state index contributed by atoms with van der Waals surface area (Å²) in [6, 6.07) is 17.3. The highest BCUT2D eigenvalue weighted by Gasteiger charge is 2.29. The third kappa shape index (κ3) is 3.02. The fourth-order valence-electron chi connectivity index (χ4n) is 1.86. The second-order valence-electron chi connectivity index (χ2n) is 5.14. The fourth-order valence-corrected chi connectivity index (χ4v) is 1.86.